The lowest BCUT2D eigenvalue weighted by Crippen LogP contribution is -2.49. The minimum Gasteiger partial charge on any atom is -0.379 e. The van der Waals surface area contributed by atoms with E-state index in [2.05, 4.69) is 81.7 Å². The molecule has 0 amide bonds. The van der Waals surface area contributed by atoms with Crippen LogP contribution in [0.2, 0.25) is 0 Å². The van der Waals surface area contributed by atoms with E-state index < -0.39 is 0 Å². The standard InChI is InChI=1S/C31H34N6O/c1-22-7-11-25(12-8-22)37-30-6-4-3-5-26(30)35-29-19-28(34-24-10-9-23(2)33-21-24)27(20-31(29)37)32-13-14-36-15-17-38-18-16-36/h3-5,7-12,19-21,30,35H,6,13-18H2,1-2H3. The van der Waals surface area contributed by atoms with E-state index >= 15 is 0 Å². The molecule has 0 bridgehead atoms. The number of morpholine rings is 1. The molecule has 0 spiro atoms. The van der Waals surface area contributed by atoms with Crippen LogP contribution in [-0.4, -0.2) is 66.7 Å². The highest BCUT2D eigenvalue weighted by Gasteiger charge is 2.35. The van der Waals surface area contributed by atoms with E-state index in [4.69, 9.17) is 14.7 Å². The lowest BCUT2D eigenvalue weighted by Gasteiger charge is -2.44. The van der Waals surface area contributed by atoms with Crippen LogP contribution in [0, 0.1) is 13.8 Å². The number of nitrogens with zero attached hydrogens (tertiary/aromatic N) is 5. The predicted molar refractivity (Wildman–Crippen MR) is 154 cm³/mol. The van der Waals surface area contributed by atoms with Crippen LogP contribution in [0.3, 0.4) is 0 Å². The molecule has 6 rings (SSSR count). The van der Waals surface area contributed by atoms with Crippen molar-refractivity contribution < 1.29 is 4.74 Å². The van der Waals surface area contributed by atoms with Crippen molar-refractivity contribution in [2.45, 2.75) is 26.3 Å². The molecule has 2 fully saturated rings. The van der Waals surface area contributed by atoms with E-state index in [0.29, 0.717) is 6.54 Å². The number of benzene rings is 1. The molecule has 4 aliphatic rings. The van der Waals surface area contributed by atoms with Gasteiger partial charge in [0.25, 0.3) is 0 Å². The molecule has 7 nitrogen and oxygen atoms in total. The molecule has 1 atom stereocenters. The van der Waals surface area contributed by atoms with Crippen LogP contribution >= 0.6 is 0 Å². The second-order valence-corrected chi connectivity index (χ2v) is 10.1. The number of anilines is 1. The number of allylic oxidation sites excluding steroid dienone is 4. The zero-order chi connectivity index (χ0) is 25.9. The number of hydrogen-bond acceptors (Lipinski definition) is 7. The average molecular weight is 507 g/mol. The summed E-state index contributed by atoms with van der Waals surface area (Å²) in [7, 11) is 0. The van der Waals surface area contributed by atoms with Crippen LogP contribution < -0.4 is 10.2 Å². The van der Waals surface area contributed by atoms with E-state index in [1.54, 1.807) is 0 Å². The Morgan fingerprint density at radius 3 is 2.66 bits per heavy atom. The SMILES string of the molecule is Cc1ccc(N2C3=CC(=NCCN4CCOCC4)C(=Nc4ccc(C)nc4)C=C3NC3=CC=CCC32)cc1. The van der Waals surface area contributed by atoms with Crippen LogP contribution in [0.25, 0.3) is 0 Å². The second-order valence-electron chi connectivity index (χ2n) is 10.1. The third kappa shape index (κ3) is 5.26. The number of aromatic nitrogens is 1. The van der Waals surface area contributed by atoms with Crippen molar-refractivity contribution in [2.24, 2.45) is 9.98 Å². The normalized spacial score (nSPS) is 23.4. The van der Waals surface area contributed by atoms with Gasteiger partial charge < -0.3 is 15.0 Å². The third-order valence-electron chi connectivity index (χ3n) is 7.33. The molecule has 38 heavy (non-hydrogen) atoms. The molecular formula is C31H34N6O. The first-order valence-corrected chi connectivity index (χ1v) is 13.4. The maximum absolute atomic E-state index is 5.51. The van der Waals surface area contributed by atoms with E-state index in [-0.39, 0.29) is 6.04 Å². The summed E-state index contributed by atoms with van der Waals surface area (Å²) in [5.74, 6) is 0. The molecule has 1 unspecified atom stereocenters. The Balaban J connectivity index is 1.40. The van der Waals surface area contributed by atoms with Crippen molar-refractivity contribution in [3.8, 4) is 0 Å². The first kappa shape index (κ1) is 24.5. The fourth-order valence-corrected chi connectivity index (χ4v) is 5.22. The predicted octanol–water partition coefficient (Wildman–Crippen LogP) is 4.65. The van der Waals surface area contributed by atoms with Gasteiger partial charge in [0.05, 0.1) is 60.5 Å². The van der Waals surface area contributed by atoms with Gasteiger partial charge in [-0.05, 0) is 62.8 Å². The Morgan fingerprint density at radius 1 is 1.03 bits per heavy atom. The van der Waals surface area contributed by atoms with Crippen molar-refractivity contribution >= 4 is 22.8 Å². The van der Waals surface area contributed by atoms with Gasteiger partial charge >= 0.3 is 0 Å². The molecule has 7 heteroatoms. The van der Waals surface area contributed by atoms with E-state index in [9.17, 15) is 0 Å². The first-order valence-electron chi connectivity index (χ1n) is 13.4. The molecule has 2 saturated heterocycles. The van der Waals surface area contributed by atoms with Gasteiger partial charge in [-0.1, -0.05) is 29.8 Å². The van der Waals surface area contributed by atoms with Crippen molar-refractivity contribution in [1.29, 1.82) is 0 Å². The van der Waals surface area contributed by atoms with Gasteiger partial charge in [0.15, 0.2) is 0 Å². The average Bonchev–Trinajstić information content (AvgIpc) is 2.94. The van der Waals surface area contributed by atoms with Crippen LogP contribution in [0.5, 0.6) is 0 Å². The largest absolute Gasteiger partial charge is 0.379 e. The molecule has 0 radical (unpaired) electrons. The van der Waals surface area contributed by atoms with E-state index in [0.717, 1.165) is 73.5 Å². The fourth-order valence-electron chi connectivity index (χ4n) is 5.22. The van der Waals surface area contributed by atoms with Gasteiger partial charge in [0, 0.05) is 36.7 Å². The maximum atomic E-state index is 5.51. The van der Waals surface area contributed by atoms with Gasteiger partial charge in [0.2, 0.25) is 0 Å². The monoisotopic (exact) mass is 506 g/mol. The summed E-state index contributed by atoms with van der Waals surface area (Å²) < 4.78 is 5.51. The zero-order valence-electron chi connectivity index (χ0n) is 22.1. The molecule has 1 aromatic carbocycles. The number of piperazine rings is 1. The molecular weight excluding hydrogens is 472 g/mol. The smallest absolute Gasteiger partial charge is 0.0911 e. The molecule has 194 valence electrons. The van der Waals surface area contributed by atoms with Crippen molar-refractivity contribution in [1.82, 2.24) is 15.2 Å². The Morgan fingerprint density at radius 2 is 1.87 bits per heavy atom. The minimum atomic E-state index is 0.209. The number of hydrogen-bond donors (Lipinski definition) is 1. The Bertz CT molecular complexity index is 1360. The highest BCUT2D eigenvalue weighted by Crippen LogP contribution is 2.37. The van der Waals surface area contributed by atoms with Crippen LogP contribution in [0.1, 0.15) is 17.7 Å². The maximum Gasteiger partial charge on any atom is 0.0911 e. The number of aliphatic imine (C=N–C) groups is 2. The first-order chi connectivity index (χ1) is 18.6. The summed E-state index contributed by atoms with van der Waals surface area (Å²) in [5.41, 5.74) is 9.33. The van der Waals surface area contributed by atoms with Crippen molar-refractivity contribution in [3.63, 3.8) is 0 Å². The van der Waals surface area contributed by atoms with Gasteiger partial charge in [0.1, 0.15) is 0 Å². The summed E-state index contributed by atoms with van der Waals surface area (Å²) in [4.78, 5) is 19.4. The molecule has 3 heterocycles. The number of fused-ring (bicyclic) bond motifs is 2. The summed E-state index contributed by atoms with van der Waals surface area (Å²) in [6, 6.07) is 13.0. The van der Waals surface area contributed by atoms with Crippen molar-refractivity contribution in [3.05, 3.63) is 101 Å². The van der Waals surface area contributed by atoms with Gasteiger partial charge in [-0.25, -0.2) is 4.99 Å². The summed E-state index contributed by atoms with van der Waals surface area (Å²) in [5, 5.41) is 3.71. The zero-order valence-corrected chi connectivity index (χ0v) is 22.1. The Labute approximate surface area is 224 Å². The molecule has 2 aliphatic carbocycles. The summed E-state index contributed by atoms with van der Waals surface area (Å²) in [6.07, 6.45) is 13.7. The van der Waals surface area contributed by atoms with Gasteiger partial charge in [-0.3, -0.25) is 14.9 Å². The molecule has 1 N–H and O–H groups in total. The molecule has 1 aromatic heterocycles. The van der Waals surface area contributed by atoms with Crippen LogP contribution in [-0.2, 0) is 4.74 Å². The number of rotatable bonds is 5. The molecule has 0 saturated carbocycles. The number of nitrogens with one attached hydrogen (secondary N) is 1. The van der Waals surface area contributed by atoms with E-state index in [1.165, 1.54) is 16.9 Å². The summed E-state index contributed by atoms with van der Waals surface area (Å²) in [6.45, 7) is 9.24. The minimum absolute atomic E-state index is 0.209. The van der Waals surface area contributed by atoms with Crippen molar-refractivity contribution in [2.75, 3.05) is 44.3 Å². The topological polar surface area (TPSA) is 65.3 Å². The third-order valence-corrected chi connectivity index (χ3v) is 7.33. The van der Waals surface area contributed by atoms with Crippen LogP contribution in [0.4, 0.5) is 11.4 Å². The number of ether oxygens (including phenoxy) is 1. The van der Waals surface area contributed by atoms with E-state index in [1.807, 2.05) is 25.3 Å². The second kappa shape index (κ2) is 10.9. The fraction of sp³-hybridized carbons (Fsp3) is 0.323. The van der Waals surface area contributed by atoms with Gasteiger partial charge in [-0.2, -0.15) is 0 Å². The number of pyridine rings is 1. The molecule has 2 aliphatic heterocycles. The highest BCUT2D eigenvalue weighted by atomic mass is 16.5. The Kier molecular flexibility index (Phi) is 7.03. The highest BCUT2D eigenvalue weighted by molar-refractivity contribution is 6.52. The lowest BCUT2D eigenvalue weighted by molar-refractivity contribution is 0.0394. The number of aryl methyl sites for hydroxylation is 2. The molecule has 2 aromatic rings. The Hall–Kier alpha value is -3.81. The summed E-state index contributed by atoms with van der Waals surface area (Å²) >= 11 is 0. The van der Waals surface area contributed by atoms with Crippen LogP contribution in [0.15, 0.2) is 100 Å². The quantitative estimate of drug-likeness (QED) is 0.598. The lowest BCUT2D eigenvalue weighted by atomic mass is 9.93. The van der Waals surface area contributed by atoms with Gasteiger partial charge in [-0.15, -0.1) is 0 Å².